The van der Waals surface area contributed by atoms with Crippen LogP contribution >= 0.6 is 0 Å². The Bertz CT molecular complexity index is 932. The van der Waals surface area contributed by atoms with Crippen LogP contribution in [0.5, 0.6) is 0 Å². The number of hydrogen-bond acceptors (Lipinski definition) is 6. The number of hydrogen-bond donors (Lipinski definition) is 2. The minimum atomic E-state index is -1.25. The van der Waals surface area contributed by atoms with Crippen molar-refractivity contribution in [2.45, 2.75) is 39.4 Å². The number of aliphatic carboxylic acids is 1. The molecule has 0 saturated heterocycles. The lowest BCUT2D eigenvalue weighted by atomic mass is 10.1. The molecule has 2 aromatic rings. The lowest BCUT2D eigenvalue weighted by Crippen LogP contribution is -2.27. The number of ether oxygens (including phenoxy) is 2. The summed E-state index contributed by atoms with van der Waals surface area (Å²) in [5, 5.41) is 11.9. The summed E-state index contributed by atoms with van der Waals surface area (Å²) in [6.07, 6.45) is 1.65. The van der Waals surface area contributed by atoms with E-state index in [-0.39, 0.29) is 18.0 Å². The molecule has 0 aliphatic rings. The van der Waals surface area contributed by atoms with Gasteiger partial charge in [0.2, 0.25) is 0 Å². The molecule has 0 atom stereocenters. The molecule has 1 amide bonds. The number of esters is 1. The lowest BCUT2D eigenvalue weighted by molar-refractivity contribution is -0.145. The summed E-state index contributed by atoms with van der Waals surface area (Å²) in [5.74, 6) is -1.71. The largest absolute Gasteiger partial charge is 0.478 e. The summed E-state index contributed by atoms with van der Waals surface area (Å²) >= 11 is 0. The van der Waals surface area contributed by atoms with Gasteiger partial charge in [0.1, 0.15) is 18.0 Å². The number of carboxylic acids is 1. The maximum Gasteiger partial charge on any atom is 0.413 e. The van der Waals surface area contributed by atoms with Gasteiger partial charge in [0.05, 0.1) is 6.42 Å². The first kappa shape index (κ1) is 22.6. The number of anilines is 1. The monoisotopic (exact) mass is 412 g/mol. The Morgan fingerprint density at radius 3 is 2.47 bits per heavy atom. The second-order valence-corrected chi connectivity index (χ2v) is 7.40. The molecule has 0 fully saturated rings. The highest BCUT2D eigenvalue weighted by Gasteiger charge is 2.17. The van der Waals surface area contributed by atoms with Crippen LogP contribution in [0.25, 0.3) is 6.08 Å². The Morgan fingerprint density at radius 1 is 1.13 bits per heavy atom. The minimum absolute atomic E-state index is 0.0613. The van der Waals surface area contributed by atoms with Gasteiger partial charge in [-0.05, 0) is 50.1 Å². The summed E-state index contributed by atoms with van der Waals surface area (Å²) in [5.41, 5.74) is 0.434. The average Bonchev–Trinajstić information content (AvgIpc) is 2.65. The fraction of sp³-hybridized carbons (Fsp3) is 0.273. The summed E-state index contributed by atoms with van der Waals surface area (Å²) in [6.45, 7) is 5.26. The van der Waals surface area contributed by atoms with E-state index in [0.29, 0.717) is 5.56 Å². The van der Waals surface area contributed by atoms with Gasteiger partial charge in [0.15, 0.2) is 0 Å². The lowest BCUT2D eigenvalue weighted by Gasteiger charge is -2.19. The summed E-state index contributed by atoms with van der Waals surface area (Å²) in [6, 6.07) is 12.1. The van der Waals surface area contributed by atoms with Gasteiger partial charge in [0, 0.05) is 11.8 Å². The normalized spacial score (nSPS) is 11.5. The van der Waals surface area contributed by atoms with Crippen molar-refractivity contribution in [2.24, 2.45) is 0 Å². The van der Waals surface area contributed by atoms with Crippen molar-refractivity contribution in [3.63, 3.8) is 0 Å². The predicted octanol–water partition coefficient (Wildman–Crippen LogP) is 4.03. The van der Waals surface area contributed by atoms with E-state index in [2.05, 4.69) is 10.3 Å². The predicted molar refractivity (Wildman–Crippen MR) is 111 cm³/mol. The molecule has 1 aromatic heterocycles. The van der Waals surface area contributed by atoms with Crippen LogP contribution in [0, 0.1) is 0 Å². The molecule has 0 bridgehead atoms. The number of rotatable bonds is 7. The van der Waals surface area contributed by atoms with E-state index in [9.17, 15) is 19.5 Å². The van der Waals surface area contributed by atoms with Crippen LogP contribution < -0.4 is 5.32 Å². The van der Waals surface area contributed by atoms with Crippen LogP contribution in [-0.2, 0) is 25.7 Å². The molecule has 2 rings (SSSR count). The zero-order chi connectivity index (χ0) is 22.1. The van der Waals surface area contributed by atoms with Crippen molar-refractivity contribution >= 4 is 29.9 Å². The standard InChI is InChI=1S/C22H24N2O6/c1-22(2,3)30-21(28)24-18-12-16(9-10-23-18)11-17(20(26)27)13-19(25)29-14-15-7-5-4-6-8-15/h4-12H,13-14H2,1-3H3,(H,26,27)(H,23,24,28). The first-order valence-corrected chi connectivity index (χ1v) is 9.22. The number of nitrogens with one attached hydrogen (secondary N) is 1. The van der Waals surface area contributed by atoms with Gasteiger partial charge in [-0.3, -0.25) is 10.1 Å². The number of amides is 1. The first-order valence-electron chi connectivity index (χ1n) is 9.22. The Morgan fingerprint density at radius 2 is 1.83 bits per heavy atom. The average molecular weight is 412 g/mol. The third-order valence-electron chi connectivity index (χ3n) is 3.61. The molecule has 2 N–H and O–H groups in total. The highest BCUT2D eigenvalue weighted by molar-refractivity contribution is 5.97. The zero-order valence-electron chi connectivity index (χ0n) is 17.0. The van der Waals surface area contributed by atoms with Crippen molar-refractivity contribution in [3.8, 4) is 0 Å². The molecule has 30 heavy (non-hydrogen) atoms. The van der Waals surface area contributed by atoms with Gasteiger partial charge in [-0.2, -0.15) is 0 Å². The van der Waals surface area contributed by atoms with E-state index in [0.717, 1.165) is 5.56 Å². The van der Waals surface area contributed by atoms with Gasteiger partial charge in [-0.15, -0.1) is 0 Å². The number of carbonyl (C=O) groups excluding carboxylic acids is 2. The first-order chi connectivity index (χ1) is 14.1. The molecular formula is C22H24N2O6. The van der Waals surface area contributed by atoms with Crippen LogP contribution in [0.15, 0.2) is 54.2 Å². The topological polar surface area (TPSA) is 115 Å². The number of nitrogens with zero attached hydrogens (tertiary/aromatic N) is 1. The van der Waals surface area contributed by atoms with Gasteiger partial charge in [-0.25, -0.2) is 14.6 Å². The molecule has 8 heteroatoms. The van der Waals surface area contributed by atoms with Crippen LogP contribution in [0.3, 0.4) is 0 Å². The molecule has 0 spiro atoms. The van der Waals surface area contributed by atoms with Gasteiger partial charge in [-0.1, -0.05) is 30.3 Å². The molecule has 0 unspecified atom stereocenters. The molecule has 1 heterocycles. The van der Waals surface area contributed by atoms with Crippen LogP contribution in [-0.4, -0.2) is 33.7 Å². The van der Waals surface area contributed by atoms with E-state index in [1.807, 2.05) is 18.2 Å². The third-order valence-corrected chi connectivity index (χ3v) is 3.61. The summed E-state index contributed by atoms with van der Waals surface area (Å²) < 4.78 is 10.3. The quantitative estimate of drug-likeness (QED) is 0.521. The van der Waals surface area contributed by atoms with Crippen molar-refractivity contribution in [1.82, 2.24) is 4.98 Å². The SMILES string of the molecule is CC(C)(C)OC(=O)Nc1cc(C=C(CC(=O)OCc2ccccc2)C(=O)O)ccn1. The number of benzene rings is 1. The molecular weight excluding hydrogens is 388 g/mol. The van der Waals surface area contributed by atoms with E-state index >= 15 is 0 Å². The van der Waals surface area contributed by atoms with Crippen LogP contribution in [0.4, 0.5) is 10.6 Å². The van der Waals surface area contributed by atoms with Gasteiger partial charge >= 0.3 is 18.0 Å². The molecule has 0 aliphatic heterocycles. The Balaban J connectivity index is 2.04. The van der Waals surface area contributed by atoms with E-state index in [1.165, 1.54) is 18.3 Å². The number of carboxylic acid groups (broad SMARTS) is 1. The van der Waals surface area contributed by atoms with E-state index in [4.69, 9.17) is 9.47 Å². The fourth-order valence-electron chi connectivity index (χ4n) is 2.35. The summed E-state index contributed by atoms with van der Waals surface area (Å²) in [7, 11) is 0. The molecule has 0 saturated carbocycles. The number of pyridine rings is 1. The Hall–Kier alpha value is -3.68. The highest BCUT2D eigenvalue weighted by atomic mass is 16.6. The van der Waals surface area contributed by atoms with Crippen molar-refractivity contribution in [3.05, 3.63) is 65.4 Å². The number of carbonyl (C=O) groups is 3. The molecule has 1 aromatic carbocycles. The fourth-order valence-corrected chi connectivity index (χ4v) is 2.35. The molecule has 0 aliphatic carbocycles. The van der Waals surface area contributed by atoms with Crippen LogP contribution in [0.2, 0.25) is 0 Å². The second kappa shape index (κ2) is 10.2. The maximum absolute atomic E-state index is 12.1. The third kappa shape index (κ3) is 8.14. The van der Waals surface area contributed by atoms with Gasteiger partial charge < -0.3 is 14.6 Å². The smallest absolute Gasteiger partial charge is 0.413 e. The Kier molecular flexibility index (Phi) is 7.69. The maximum atomic E-state index is 12.1. The highest BCUT2D eigenvalue weighted by Crippen LogP contribution is 2.16. The number of aromatic nitrogens is 1. The van der Waals surface area contributed by atoms with Gasteiger partial charge in [0.25, 0.3) is 0 Å². The molecule has 158 valence electrons. The zero-order valence-corrected chi connectivity index (χ0v) is 17.0. The van der Waals surface area contributed by atoms with Crippen LogP contribution in [0.1, 0.15) is 38.3 Å². The van der Waals surface area contributed by atoms with Crippen molar-refractivity contribution in [2.75, 3.05) is 5.32 Å². The van der Waals surface area contributed by atoms with E-state index < -0.39 is 30.1 Å². The molecule has 0 radical (unpaired) electrons. The summed E-state index contributed by atoms with van der Waals surface area (Å²) in [4.78, 5) is 39.5. The second-order valence-electron chi connectivity index (χ2n) is 7.40. The molecule has 8 nitrogen and oxygen atoms in total. The van der Waals surface area contributed by atoms with Crippen molar-refractivity contribution < 1.29 is 29.0 Å². The van der Waals surface area contributed by atoms with Crippen molar-refractivity contribution in [1.29, 1.82) is 0 Å². The minimum Gasteiger partial charge on any atom is -0.478 e. The Labute approximate surface area is 174 Å². The van der Waals surface area contributed by atoms with E-state index in [1.54, 1.807) is 39.0 Å².